The first-order valence-electron chi connectivity index (χ1n) is 8.43. The molecule has 2 aromatic rings. The van der Waals surface area contributed by atoms with E-state index < -0.39 is 0 Å². The van der Waals surface area contributed by atoms with Crippen LogP contribution in [0.1, 0.15) is 37.6 Å². The number of hydrogen-bond acceptors (Lipinski definition) is 3. The molecular formula is C19H25ClN2O2. The Kier molecular flexibility index (Phi) is 7.35. The maximum Gasteiger partial charge on any atom is 0.220 e. The molecule has 130 valence electrons. The van der Waals surface area contributed by atoms with Gasteiger partial charge in [-0.1, -0.05) is 43.6 Å². The molecule has 0 saturated heterocycles. The highest BCUT2D eigenvalue weighted by atomic mass is 35.5. The van der Waals surface area contributed by atoms with Crippen LogP contribution in [0.3, 0.4) is 0 Å². The molecule has 0 spiro atoms. The van der Waals surface area contributed by atoms with Crippen molar-refractivity contribution < 1.29 is 9.21 Å². The van der Waals surface area contributed by atoms with Gasteiger partial charge in [-0.05, 0) is 36.9 Å². The Morgan fingerprint density at radius 2 is 1.96 bits per heavy atom. The van der Waals surface area contributed by atoms with E-state index in [0.717, 1.165) is 29.4 Å². The van der Waals surface area contributed by atoms with E-state index in [1.807, 2.05) is 36.4 Å². The lowest BCUT2D eigenvalue weighted by Crippen LogP contribution is -2.38. The molecular weight excluding hydrogens is 324 g/mol. The predicted molar refractivity (Wildman–Crippen MR) is 97.2 cm³/mol. The number of nitrogens with one attached hydrogen (secondary N) is 1. The minimum Gasteiger partial charge on any atom is -0.469 e. The van der Waals surface area contributed by atoms with Crippen LogP contribution in [0.2, 0.25) is 5.02 Å². The minimum atomic E-state index is 0.0237. The number of rotatable bonds is 9. The van der Waals surface area contributed by atoms with E-state index >= 15 is 0 Å². The highest BCUT2D eigenvalue weighted by Gasteiger charge is 2.20. The molecule has 1 heterocycles. The van der Waals surface area contributed by atoms with Crippen molar-refractivity contribution in [3.8, 4) is 0 Å². The first-order valence-corrected chi connectivity index (χ1v) is 8.81. The van der Waals surface area contributed by atoms with Crippen LogP contribution in [0.4, 0.5) is 0 Å². The van der Waals surface area contributed by atoms with E-state index in [9.17, 15) is 4.79 Å². The second kappa shape index (κ2) is 9.50. The molecule has 0 bridgehead atoms. The molecule has 2 rings (SSSR count). The van der Waals surface area contributed by atoms with Gasteiger partial charge >= 0.3 is 0 Å². The highest BCUT2D eigenvalue weighted by molar-refractivity contribution is 6.31. The molecule has 1 N–H and O–H groups in total. The summed E-state index contributed by atoms with van der Waals surface area (Å²) in [5, 5.41) is 3.77. The van der Waals surface area contributed by atoms with E-state index in [1.165, 1.54) is 0 Å². The second-order valence-corrected chi connectivity index (χ2v) is 6.05. The number of halogens is 1. The summed E-state index contributed by atoms with van der Waals surface area (Å²) in [7, 11) is 0. The molecule has 0 aliphatic carbocycles. The number of hydrogen-bond donors (Lipinski definition) is 1. The Hall–Kier alpha value is -1.78. The molecule has 1 aromatic carbocycles. The smallest absolute Gasteiger partial charge is 0.220 e. The van der Waals surface area contributed by atoms with E-state index in [1.54, 1.807) is 6.26 Å². The van der Waals surface area contributed by atoms with E-state index in [2.05, 4.69) is 24.1 Å². The Morgan fingerprint density at radius 1 is 1.21 bits per heavy atom. The van der Waals surface area contributed by atoms with Gasteiger partial charge in [-0.3, -0.25) is 9.69 Å². The topological polar surface area (TPSA) is 45.5 Å². The molecule has 24 heavy (non-hydrogen) atoms. The number of likely N-dealkylation sites (N-methyl/N-ethyl adjacent to an activating group) is 1. The number of carbonyl (C=O) groups excluding carboxylic acids is 1. The van der Waals surface area contributed by atoms with Crippen molar-refractivity contribution in [2.24, 2.45) is 0 Å². The van der Waals surface area contributed by atoms with Crippen LogP contribution in [0.25, 0.3) is 0 Å². The number of benzene rings is 1. The molecule has 0 radical (unpaired) electrons. The van der Waals surface area contributed by atoms with Gasteiger partial charge in [0.25, 0.3) is 0 Å². The van der Waals surface area contributed by atoms with Crippen LogP contribution in [0, 0.1) is 0 Å². The van der Waals surface area contributed by atoms with Gasteiger partial charge in [0.05, 0.1) is 12.3 Å². The Balaban J connectivity index is 1.98. The van der Waals surface area contributed by atoms with Crippen molar-refractivity contribution in [1.82, 2.24) is 10.2 Å². The van der Waals surface area contributed by atoms with Crippen LogP contribution < -0.4 is 5.32 Å². The fourth-order valence-corrected chi connectivity index (χ4v) is 3.10. The quantitative estimate of drug-likeness (QED) is 0.743. The van der Waals surface area contributed by atoms with Crippen molar-refractivity contribution in [1.29, 1.82) is 0 Å². The molecule has 4 nitrogen and oxygen atoms in total. The molecule has 1 unspecified atom stereocenters. The van der Waals surface area contributed by atoms with Crippen molar-refractivity contribution in [2.75, 3.05) is 19.6 Å². The number of furan rings is 1. The zero-order valence-corrected chi connectivity index (χ0v) is 15.1. The van der Waals surface area contributed by atoms with Gasteiger partial charge in [-0.15, -0.1) is 0 Å². The van der Waals surface area contributed by atoms with Gasteiger partial charge in [0.1, 0.15) is 5.76 Å². The SMILES string of the molecule is CCN(CC)C(CNC(=O)CCc1ccco1)c1ccccc1Cl. The lowest BCUT2D eigenvalue weighted by Gasteiger charge is -2.31. The summed E-state index contributed by atoms with van der Waals surface area (Å²) < 4.78 is 5.26. The Morgan fingerprint density at radius 3 is 2.58 bits per heavy atom. The third-order valence-electron chi connectivity index (χ3n) is 4.19. The van der Waals surface area contributed by atoms with Gasteiger partial charge in [0.15, 0.2) is 0 Å². The molecule has 0 aliphatic rings. The fraction of sp³-hybridized carbons (Fsp3) is 0.421. The van der Waals surface area contributed by atoms with E-state index in [4.69, 9.17) is 16.0 Å². The number of amides is 1. The molecule has 1 amide bonds. The van der Waals surface area contributed by atoms with Crippen molar-refractivity contribution in [2.45, 2.75) is 32.7 Å². The average molecular weight is 349 g/mol. The van der Waals surface area contributed by atoms with Gasteiger partial charge in [0, 0.05) is 24.4 Å². The van der Waals surface area contributed by atoms with Crippen molar-refractivity contribution >= 4 is 17.5 Å². The zero-order valence-electron chi connectivity index (χ0n) is 14.3. The van der Waals surface area contributed by atoms with Gasteiger partial charge in [0.2, 0.25) is 5.91 Å². The first-order chi connectivity index (χ1) is 11.7. The fourth-order valence-electron chi connectivity index (χ4n) is 2.84. The maximum atomic E-state index is 12.2. The molecule has 0 fully saturated rings. The standard InChI is InChI=1S/C19H25ClN2O2/c1-3-22(4-2)18(16-9-5-6-10-17(16)20)14-21-19(23)12-11-15-8-7-13-24-15/h5-10,13,18H,3-4,11-12,14H2,1-2H3,(H,21,23). The second-order valence-electron chi connectivity index (χ2n) is 5.64. The van der Waals surface area contributed by atoms with Crippen LogP contribution in [0.15, 0.2) is 47.1 Å². The van der Waals surface area contributed by atoms with Crippen molar-refractivity contribution in [3.05, 3.63) is 59.0 Å². The van der Waals surface area contributed by atoms with Crippen molar-refractivity contribution in [3.63, 3.8) is 0 Å². The van der Waals surface area contributed by atoms with Crippen LogP contribution in [-0.4, -0.2) is 30.4 Å². The third-order valence-corrected chi connectivity index (χ3v) is 4.53. The summed E-state index contributed by atoms with van der Waals surface area (Å²) in [6.45, 7) is 6.57. The van der Waals surface area contributed by atoms with Gasteiger partial charge < -0.3 is 9.73 Å². The van der Waals surface area contributed by atoms with Gasteiger partial charge in [-0.2, -0.15) is 0 Å². The molecule has 0 aliphatic heterocycles. The minimum absolute atomic E-state index is 0.0237. The normalized spacial score (nSPS) is 12.3. The zero-order chi connectivity index (χ0) is 17.4. The third kappa shape index (κ3) is 5.11. The van der Waals surface area contributed by atoms with E-state index in [-0.39, 0.29) is 11.9 Å². The summed E-state index contributed by atoms with van der Waals surface area (Å²) >= 11 is 6.37. The van der Waals surface area contributed by atoms with Crippen LogP contribution in [-0.2, 0) is 11.2 Å². The summed E-state index contributed by atoms with van der Waals surface area (Å²) in [6.07, 6.45) is 2.66. The van der Waals surface area contributed by atoms with Crippen LogP contribution >= 0.6 is 11.6 Å². The average Bonchev–Trinajstić information content (AvgIpc) is 3.11. The summed E-state index contributed by atoms with van der Waals surface area (Å²) in [6, 6.07) is 11.6. The predicted octanol–water partition coefficient (Wildman–Crippen LogP) is 4.06. The maximum absolute atomic E-state index is 12.2. The summed E-state index contributed by atoms with van der Waals surface area (Å²) in [5.74, 6) is 0.854. The molecule has 1 atom stereocenters. The Bertz CT molecular complexity index is 624. The highest BCUT2D eigenvalue weighted by Crippen LogP contribution is 2.26. The van der Waals surface area contributed by atoms with E-state index in [0.29, 0.717) is 19.4 Å². The molecule has 1 aromatic heterocycles. The van der Waals surface area contributed by atoms with Crippen LogP contribution in [0.5, 0.6) is 0 Å². The molecule has 5 heteroatoms. The number of nitrogens with zero attached hydrogens (tertiary/aromatic N) is 1. The monoisotopic (exact) mass is 348 g/mol. The summed E-state index contributed by atoms with van der Waals surface area (Å²) in [5.41, 5.74) is 1.05. The number of carbonyl (C=O) groups is 1. The summed E-state index contributed by atoms with van der Waals surface area (Å²) in [4.78, 5) is 14.5. The largest absolute Gasteiger partial charge is 0.469 e. The number of aryl methyl sites for hydroxylation is 1. The molecule has 0 saturated carbocycles. The van der Waals surface area contributed by atoms with Gasteiger partial charge in [-0.25, -0.2) is 0 Å². The lowest BCUT2D eigenvalue weighted by atomic mass is 10.0. The first kappa shape index (κ1) is 18.6. The lowest BCUT2D eigenvalue weighted by molar-refractivity contribution is -0.121. The Labute approximate surface area is 148 Å².